The molecular weight excluding hydrogens is 345 g/mol. The summed E-state index contributed by atoms with van der Waals surface area (Å²) in [5.41, 5.74) is 0.526. The maximum absolute atomic E-state index is 12.0. The molecule has 1 aromatic carbocycles. The van der Waals surface area contributed by atoms with E-state index in [1.54, 1.807) is 19.9 Å². The van der Waals surface area contributed by atoms with Gasteiger partial charge >= 0.3 is 5.97 Å². The van der Waals surface area contributed by atoms with E-state index >= 15 is 0 Å². The molecule has 0 atom stereocenters. The molecule has 1 aromatic rings. The van der Waals surface area contributed by atoms with E-state index in [1.165, 1.54) is 0 Å². The first-order valence-electron chi connectivity index (χ1n) is 5.52. The summed E-state index contributed by atoms with van der Waals surface area (Å²) in [6.45, 7) is 5.14. The lowest BCUT2D eigenvalue weighted by molar-refractivity contribution is -0.146. The maximum Gasteiger partial charge on any atom is 0.310 e. The average Bonchev–Trinajstić information content (AvgIpc) is 2.29. The number of carboxylic acid groups (broad SMARTS) is 1. The average molecular weight is 361 g/mol. The van der Waals surface area contributed by atoms with E-state index in [9.17, 15) is 9.59 Å². The van der Waals surface area contributed by atoms with Crippen molar-refractivity contribution in [2.75, 3.05) is 6.54 Å². The summed E-state index contributed by atoms with van der Waals surface area (Å²) in [5, 5.41) is 11.6. The third kappa shape index (κ3) is 3.44. The van der Waals surface area contributed by atoms with Crippen molar-refractivity contribution >= 4 is 34.5 Å². The van der Waals surface area contributed by atoms with Gasteiger partial charge < -0.3 is 10.4 Å². The molecule has 0 saturated carbocycles. The van der Waals surface area contributed by atoms with Gasteiger partial charge in [-0.2, -0.15) is 0 Å². The Bertz CT molecular complexity index is 483. The van der Waals surface area contributed by atoms with Crippen molar-refractivity contribution in [3.63, 3.8) is 0 Å². The van der Waals surface area contributed by atoms with Crippen LogP contribution in [-0.2, 0) is 4.79 Å². The number of benzene rings is 1. The number of nitrogens with one attached hydrogen (secondary N) is 1. The largest absolute Gasteiger partial charge is 0.481 e. The molecule has 0 radical (unpaired) electrons. The van der Waals surface area contributed by atoms with Crippen LogP contribution in [0.15, 0.2) is 18.2 Å². The lowest BCUT2D eigenvalue weighted by atomic mass is 9.93. The molecule has 18 heavy (non-hydrogen) atoms. The minimum Gasteiger partial charge on any atom is -0.481 e. The fourth-order valence-corrected chi connectivity index (χ4v) is 1.82. The molecule has 0 unspecified atom stereocenters. The fraction of sp³-hybridized carbons (Fsp3) is 0.385. The number of carboxylic acids is 1. The molecule has 0 heterocycles. The lowest BCUT2D eigenvalue weighted by Gasteiger charge is -2.19. The van der Waals surface area contributed by atoms with E-state index in [-0.39, 0.29) is 12.5 Å². The standard InChI is InChI=1S/C13H16INO3/c1-8-9(5-4-6-10(8)14)11(16)15-7-13(2,3)12(17)18/h4-6H,7H2,1-3H3,(H,15,16)(H,17,18). The zero-order chi connectivity index (χ0) is 13.9. The van der Waals surface area contributed by atoms with Crippen molar-refractivity contribution in [1.82, 2.24) is 5.32 Å². The molecule has 0 saturated heterocycles. The summed E-state index contributed by atoms with van der Waals surface area (Å²) in [4.78, 5) is 22.9. The summed E-state index contributed by atoms with van der Waals surface area (Å²) in [6.07, 6.45) is 0. The molecule has 0 aromatic heterocycles. The molecule has 2 N–H and O–H groups in total. The quantitative estimate of drug-likeness (QED) is 0.810. The van der Waals surface area contributed by atoms with Crippen molar-refractivity contribution in [2.45, 2.75) is 20.8 Å². The SMILES string of the molecule is Cc1c(I)cccc1C(=O)NCC(C)(C)C(=O)O. The number of amides is 1. The molecule has 98 valence electrons. The number of hydrogen-bond donors (Lipinski definition) is 2. The smallest absolute Gasteiger partial charge is 0.310 e. The van der Waals surface area contributed by atoms with Gasteiger partial charge in [0.15, 0.2) is 0 Å². The van der Waals surface area contributed by atoms with Gasteiger partial charge in [0, 0.05) is 15.7 Å². The van der Waals surface area contributed by atoms with Gasteiger partial charge in [-0.05, 0) is 61.1 Å². The van der Waals surface area contributed by atoms with E-state index < -0.39 is 11.4 Å². The Morgan fingerprint density at radius 3 is 2.56 bits per heavy atom. The Morgan fingerprint density at radius 2 is 2.00 bits per heavy atom. The molecule has 5 heteroatoms. The summed E-state index contributed by atoms with van der Waals surface area (Å²) >= 11 is 2.16. The summed E-state index contributed by atoms with van der Waals surface area (Å²) in [6, 6.07) is 5.47. The van der Waals surface area contributed by atoms with Crippen LogP contribution in [0.1, 0.15) is 29.8 Å². The highest BCUT2D eigenvalue weighted by atomic mass is 127. The van der Waals surface area contributed by atoms with Crippen molar-refractivity contribution in [2.24, 2.45) is 5.41 Å². The Balaban J connectivity index is 2.78. The number of rotatable bonds is 4. The molecule has 0 aliphatic heterocycles. The van der Waals surface area contributed by atoms with E-state index in [0.29, 0.717) is 5.56 Å². The van der Waals surface area contributed by atoms with Crippen LogP contribution in [0.2, 0.25) is 0 Å². The van der Waals surface area contributed by atoms with Gasteiger partial charge in [0.1, 0.15) is 0 Å². The third-order valence-electron chi connectivity index (χ3n) is 2.78. The summed E-state index contributed by atoms with van der Waals surface area (Å²) in [5.74, 6) is -1.16. The second-order valence-corrected chi connectivity index (χ2v) is 5.95. The number of carbonyl (C=O) groups is 2. The highest BCUT2D eigenvalue weighted by molar-refractivity contribution is 14.1. The minimum atomic E-state index is -0.967. The van der Waals surface area contributed by atoms with Crippen LogP contribution in [0, 0.1) is 15.9 Å². The van der Waals surface area contributed by atoms with Crippen molar-refractivity contribution in [1.29, 1.82) is 0 Å². The first-order chi connectivity index (χ1) is 8.25. The summed E-state index contributed by atoms with van der Waals surface area (Å²) < 4.78 is 1.01. The first kappa shape index (κ1) is 14.9. The Morgan fingerprint density at radius 1 is 1.39 bits per heavy atom. The second-order valence-electron chi connectivity index (χ2n) is 4.78. The molecule has 0 fully saturated rings. The third-order valence-corrected chi connectivity index (χ3v) is 3.95. The van der Waals surface area contributed by atoms with Crippen LogP contribution in [0.5, 0.6) is 0 Å². The van der Waals surface area contributed by atoms with E-state index in [0.717, 1.165) is 9.13 Å². The molecule has 0 spiro atoms. The molecule has 4 nitrogen and oxygen atoms in total. The van der Waals surface area contributed by atoms with Crippen molar-refractivity contribution in [3.8, 4) is 0 Å². The van der Waals surface area contributed by atoms with Crippen molar-refractivity contribution < 1.29 is 14.7 Å². The normalized spacial score (nSPS) is 11.1. The number of hydrogen-bond acceptors (Lipinski definition) is 2. The van der Waals surface area contributed by atoms with Gasteiger partial charge in [0.25, 0.3) is 5.91 Å². The van der Waals surface area contributed by atoms with Crippen molar-refractivity contribution in [3.05, 3.63) is 32.9 Å². The van der Waals surface area contributed by atoms with Crippen LogP contribution in [-0.4, -0.2) is 23.5 Å². The lowest BCUT2D eigenvalue weighted by Crippen LogP contribution is -2.39. The molecular formula is C13H16INO3. The monoisotopic (exact) mass is 361 g/mol. The van der Waals surface area contributed by atoms with E-state index in [2.05, 4.69) is 27.9 Å². The zero-order valence-corrected chi connectivity index (χ0v) is 12.7. The highest BCUT2D eigenvalue weighted by Gasteiger charge is 2.27. The molecule has 1 rings (SSSR count). The van der Waals surface area contributed by atoms with Crippen LogP contribution >= 0.6 is 22.6 Å². The Hall–Kier alpha value is -1.11. The molecule has 1 amide bonds. The van der Waals surface area contributed by atoms with Crippen LogP contribution in [0.4, 0.5) is 0 Å². The molecule has 0 aliphatic carbocycles. The van der Waals surface area contributed by atoms with Gasteiger partial charge in [-0.25, -0.2) is 0 Å². The maximum atomic E-state index is 12.0. The molecule has 0 bridgehead atoms. The number of carbonyl (C=O) groups excluding carboxylic acids is 1. The second kappa shape index (κ2) is 5.69. The first-order valence-corrected chi connectivity index (χ1v) is 6.60. The van der Waals surface area contributed by atoms with Gasteiger partial charge in [-0.15, -0.1) is 0 Å². The van der Waals surface area contributed by atoms with Crippen LogP contribution < -0.4 is 5.32 Å². The topological polar surface area (TPSA) is 66.4 Å². The predicted octanol–water partition coefficient (Wildman–Crippen LogP) is 2.44. The van der Waals surface area contributed by atoms with E-state index in [4.69, 9.17) is 5.11 Å². The Labute approximate surface area is 120 Å². The predicted molar refractivity (Wildman–Crippen MR) is 77.6 cm³/mol. The summed E-state index contributed by atoms with van der Waals surface area (Å²) in [7, 11) is 0. The minimum absolute atomic E-state index is 0.103. The van der Waals surface area contributed by atoms with Gasteiger partial charge in [0.05, 0.1) is 5.41 Å². The van der Waals surface area contributed by atoms with Gasteiger partial charge in [-0.1, -0.05) is 6.07 Å². The number of halogens is 1. The van der Waals surface area contributed by atoms with E-state index in [1.807, 2.05) is 19.1 Å². The fourth-order valence-electron chi connectivity index (χ4n) is 1.33. The van der Waals surface area contributed by atoms with Crippen LogP contribution in [0.25, 0.3) is 0 Å². The highest BCUT2D eigenvalue weighted by Crippen LogP contribution is 2.17. The molecule has 0 aliphatic rings. The Kier molecular flexibility index (Phi) is 4.72. The van der Waals surface area contributed by atoms with Gasteiger partial charge in [-0.3, -0.25) is 9.59 Å². The van der Waals surface area contributed by atoms with Crippen LogP contribution in [0.3, 0.4) is 0 Å². The zero-order valence-electron chi connectivity index (χ0n) is 10.6. The number of aliphatic carboxylic acids is 1. The van der Waals surface area contributed by atoms with Gasteiger partial charge in [0.2, 0.25) is 0 Å².